The van der Waals surface area contributed by atoms with E-state index in [1.54, 1.807) is 6.07 Å². The lowest BCUT2D eigenvalue weighted by molar-refractivity contribution is -0.116. The van der Waals surface area contributed by atoms with Crippen molar-refractivity contribution in [1.82, 2.24) is 5.32 Å². The van der Waals surface area contributed by atoms with Crippen LogP contribution in [-0.2, 0) is 11.2 Å². The number of benzene rings is 2. The van der Waals surface area contributed by atoms with Gasteiger partial charge in [0.15, 0.2) is 0 Å². The summed E-state index contributed by atoms with van der Waals surface area (Å²) in [5, 5.41) is 6.31. The van der Waals surface area contributed by atoms with E-state index < -0.39 is 0 Å². The van der Waals surface area contributed by atoms with Gasteiger partial charge in [0.2, 0.25) is 5.91 Å². The van der Waals surface area contributed by atoms with E-state index in [4.69, 9.17) is 0 Å². The van der Waals surface area contributed by atoms with Crippen molar-refractivity contribution in [3.8, 4) is 0 Å². The highest BCUT2D eigenvalue weighted by Crippen LogP contribution is 2.29. The Morgan fingerprint density at radius 2 is 1.86 bits per heavy atom. The Balaban J connectivity index is 0.00000240. The van der Waals surface area contributed by atoms with E-state index in [9.17, 15) is 9.59 Å². The fourth-order valence-corrected chi connectivity index (χ4v) is 4.16. The first-order valence-electron chi connectivity index (χ1n) is 10.2. The molecule has 0 radical (unpaired) electrons. The molecule has 0 aliphatic carbocycles. The SMILES string of the molecule is Cl.O=C(CCC1CCNCC1)Nc1cccc(C(=O)N2CCc3ccccc32)c1. The summed E-state index contributed by atoms with van der Waals surface area (Å²) in [5.74, 6) is 0.639. The van der Waals surface area contributed by atoms with Crippen LogP contribution in [-0.4, -0.2) is 31.4 Å². The number of halogens is 1. The van der Waals surface area contributed by atoms with E-state index in [1.165, 1.54) is 5.56 Å². The van der Waals surface area contributed by atoms with E-state index in [0.29, 0.717) is 30.1 Å². The fraction of sp³-hybridized carbons (Fsp3) is 0.391. The molecule has 4 rings (SSSR count). The predicted octanol–water partition coefficient (Wildman–Crippen LogP) is 4.03. The zero-order valence-electron chi connectivity index (χ0n) is 16.5. The van der Waals surface area contributed by atoms with Crippen molar-refractivity contribution >= 4 is 35.6 Å². The molecule has 2 N–H and O–H groups in total. The number of carbonyl (C=O) groups is 2. The van der Waals surface area contributed by atoms with Gasteiger partial charge in [-0.2, -0.15) is 0 Å². The van der Waals surface area contributed by atoms with Crippen molar-refractivity contribution in [3.05, 3.63) is 59.7 Å². The lowest BCUT2D eigenvalue weighted by Crippen LogP contribution is -2.29. The van der Waals surface area contributed by atoms with Crippen molar-refractivity contribution < 1.29 is 9.59 Å². The van der Waals surface area contributed by atoms with Crippen LogP contribution in [0.4, 0.5) is 11.4 Å². The van der Waals surface area contributed by atoms with Crippen LogP contribution >= 0.6 is 12.4 Å². The van der Waals surface area contributed by atoms with Gasteiger partial charge in [0.1, 0.15) is 0 Å². The summed E-state index contributed by atoms with van der Waals surface area (Å²) in [6.45, 7) is 2.80. The van der Waals surface area contributed by atoms with Crippen molar-refractivity contribution in [2.75, 3.05) is 29.9 Å². The molecular weight excluding hydrogens is 386 g/mol. The molecule has 0 spiro atoms. The highest BCUT2D eigenvalue weighted by Gasteiger charge is 2.25. The lowest BCUT2D eigenvalue weighted by Gasteiger charge is -2.22. The van der Waals surface area contributed by atoms with Gasteiger partial charge in [-0.05, 0) is 74.5 Å². The molecule has 2 aromatic carbocycles. The third-order valence-corrected chi connectivity index (χ3v) is 5.76. The fourth-order valence-electron chi connectivity index (χ4n) is 4.16. The van der Waals surface area contributed by atoms with Crippen molar-refractivity contribution in [3.63, 3.8) is 0 Å². The minimum atomic E-state index is -0.0178. The molecule has 0 aromatic heterocycles. The Morgan fingerprint density at radius 1 is 1.07 bits per heavy atom. The number of rotatable bonds is 5. The maximum atomic E-state index is 13.0. The molecule has 2 aliphatic rings. The van der Waals surface area contributed by atoms with Gasteiger partial charge in [-0.1, -0.05) is 24.3 Å². The van der Waals surface area contributed by atoms with Crippen molar-refractivity contribution in [1.29, 1.82) is 0 Å². The molecule has 0 atom stereocenters. The Labute approximate surface area is 178 Å². The highest BCUT2D eigenvalue weighted by molar-refractivity contribution is 6.08. The lowest BCUT2D eigenvalue weighted by atomic mass is 9.93. The number of nitrogens with one attached hydrogen (secondary N) is 2. The molecule has 5 nitrogen and oxygen atoms in total. The number of fused-ring (bicyclic) bond motifs is 1. The monoisotopic (exact) mass is 413 g/mol. The standard InChI is InChI=1S/C23H27N3O2.ClH/c27-22(9-8-17-10-13-24-14-11-17)25-20-6-3-5-19(16-20)23(28)26-15-12-18-4-1-2-7-21(18)26;/h1-7,16-17,24H,8-15H2,(H,25,27);1H. The summed E-state index contributed by atoms with van der Waals surface area (Å²) in [6.07, 6.45) is 4.64. The van der Waals surface area contributed by atoms with Gasteiger partial charge in [-0.25, -0.2) is 0 Å². The summed E-state index contributed by atoms with van der Waals surface area (Å²) in [4.78, 5) is 27.1. The van der Waals surface area contributed by atoms with Crippen molar-refractivity contribution in [2.45, 2.75) is 32.1 Å². The van der Waals surface area contributed by atoms with Crippen molar-refractivity contribution in [2.24, 2.45) is 5.92 Å². The average molecular weight is 414 g/mol. The predicted molar refractivity (Wildman–Crippen MR) is 119 cm³/mol. The van der Waals surface area contributed by atoms with Crippen LogP contribution in [0.25, 0.3) is 0 Å². The number of carbonyl (C=O) groups excluding carboxylic acids is 2. The van der Waals surface area contributed by atoms with Gasteiger partial charge in [0.05, 0.1) is 0 Å². The molecule has 2 aliphatic heterocycles. The van der Waals surface area contributed by atoms with E-state index >= 15 is 0 Å². The molecule has 0 unspecified atom stereocenters. The Morgan fingerprint density at radius 3 is 2.69 bits per heavy atom. The third-order valence-electron chi connectivity index (χ3n) is 5.76. The van der Waals surface area contributed by atoms with Crippen LogP contribution in [0.5, 0.6) is 0 Å². The second kappa shape index (κ2) is 9.90. The van der Waals surface area contributed by atoms with Gasteiger partial charge < -0.3 is 15.5 Å². The molecule has 1 saturated heterocycles. The Kier molecular flexibility index (Phi) is 7.29. The summed E-state index contributed by atoms with van der Waals surface area (Å²) in [5.41, 5.74) is 3.49. The second-order valence-corrected chi connectivity index (χ2v) is 7.70. The first-order valence-corrected chi connectivity index (χ1v) is 10.2. The van der Waals surface area contributed by atoms with E-state index in [2.05, 4.69) is 16.7 Å². The minimum Gasteiger partial charge on any atom is -0.326 e. The number of para-hydroxylation sites is 1. The number of hydrogen-bond acceptors (Lipinski definition) is 3. The summed E-state index contributed by atoms with van der Waals surface area (Å²) >= 11 is 0. The maximum absolute atomic E-state index is 13.0. The Hall–Kier alpha value is -2.37. The smallest absolute Gasteiger partial charge is 0.258 e. The molecule has 0 saturated carbocycles. The van der Waals surface area contributed by atoms with E-state index in [-0.39, 0.29) is 24.2 Å². The minimum absolute atomic E-state index is 0. The van der Waals surface area contributed by atoms with E-state index in [1.807, 2.05) is 41.3 Å². The van der Waals surface area contributed by atoms with Crippen LogP contribution in [0.1, 0.15) is 41.6 Å². The Bertz CT molecular complexity index is 865. The quantitative estimate of drug-likeness (QED) is 0.777. The molecule has 1 fully saturated rings. The van der Waals surface area contributed by atoms with Crippen LogP contribution < -0.4 is 15.5 Å². The zero-order valence-corrected chi connectivity index (χ0v) is 17.3. The topological polar surface area (TPSA) is 61.4 Å². The maximum Gasteiger partial charge on any atom is 0.258 e. The van der Waals surface area contributed by atoms with E-state index in [0.717, 1.165) is 44.5 Å². The first kappa shape index (κ1) is 21.3. The molecule has 154 valence electrons. The molecule has 2 heterocycles. The highest BCUT2D eigenvalue weighted by atomic mass is 35.5. The number of nitrogens with zero attached hydrogens (tertiary/aromatic N) is 1. The summed E-state index contributed by atoms with van der Waals surface area (Å²) in [7, 11) is 0. The van der Waals surface area contributed by atoms with Gasteiger partial charge in [0, 0.05) is 29.9 Å². The molecule has 0 bridgehead atoms. The van der Waals surface area contributed by atoms with Crippen LogP contribution in [0.3, 0.4) is 0 Å². The van der Waals surface area contributed by atoms with Gasteiger partial charge >= 0.3 is 0 Å². The molecular formula is C23H28ClN3O2. The van der Waals surface area contributed by atoms with Gasteiger partial charge in [-0.15, -0.1) is 12.4 Å². The van der Waals surface area contributed by atoms with Gasteiger partial charge in [0.25, 0.3) is 5.91 Å². The molecule has 29 heavy (non-hydrogen) atoms. The summed E-state index contributed by atoms with van der Waals surface area (Å²) in [6, 6.07) is 15.3. The molecule has 2 aromatic rings. The number of amides is 2. The molecule has 2 amide bonds. The number of anilines is 2. The largest absolute Gasteiger partial charge is 0.326 e. The zero-order chi connectivity index (χ0) is 19.3. The molecule has 6 heteroatoms. The van der Waals surface area contributed by atoms with Crippen LogP contribution in [0, 0.1) is 5.92 Å². The third kappa shape index (κ3) is 5.17. The van der Waals surface area contributed by atoms with Crippen LogP contribution in [0.2, 0.25) is 0 Å². The normalized spacial score (nSPS) is 16.1. The number of piperidine rings is 1. The summed E-state index contributed by atoms with van der Waals surface area (Å²) < 4.78 is 0. The van der Waals surface area contributed by atoms with Gasteiger partial charge in [-0.3, -0.25) is 9.59 Å². The second-order valence-electron chi connectivity index (χ2n) is 7.70. The average Bonchev–Trinajstić information content (AvgIpc) is 3.17. The number of hydrogen-bond donors (Lipinski definition) is 2. The first-order chi connectivity index (χ1) is 13.7. The van der Waals surface area contributed by atoms with Crippen LogP contribution in [0.15, 0.2) is 48.5 Å².